The summed E-state index contributed by atoms with van der Waals surface area (Å²) in [5.74, 6) is -0.190. The maximum atomic E-state index is 12.8. The highest BCUT2D eigenvalue weighted by Gasteiger charge is 2.22. The zero-order valence-corrected chi connectivity index (χ0v) is 17.0. The number of carbonyl (C=O) groups is 2. The van der Waals surface area contributed by atoms with E-state index in [0.717, 1.165) is 24.8 Å². The Balaban J connectivity index is 1.75. The highest BCUT2D eigenvalue weighted by molar-refractivity contribution is 5.94. The normalized spacial score (nSPS) is 16.6. The molecule has 0 fully saturated rings. The van der Waals surface area contributed by atoms with Crippen LogP contribution in [0.25, 0.3) is 0 Å². The first-order valence-corrected chi connectivity index (χ1v) is 9.82. The molecule has 1 aromatic carbocycles. The van der Waals surface area contributed by atoms with Crippen LogP contribution in [0, 0.1) is 6.92 Å². The first kappa shape index (κ1) is 20.7. The van der Waals surface area contributed by atoms with Crippen LogP contribution < -0.4 is 21.5 Å². The lowest BCUT2D eigenvalue weighted by atomic mass is 9.88. The molecule has 3 rings (SSSR count). The minimum atomic E-state index is -0.459. The van der Waals surface area contributed by atoms with Gasteiger partial charge in [0.2, 0.25) is 11.8 Å². The van der Waals surface area contributed by atoms with Gasteiger partial charge in [-0.2, -0.15) is 0 Å². The fourth-order valence-electron chi connectivity index (χ4n) is 3.51. The van der Waals surface area contributed by atoms with Gasteiger partial charge in [0.15, 0.2) is 0 Å². The smallest absolute Gasteiger partial charge is 0.277 e. The maximum Gasteiger partial charge on any atom is 0.277 e. The van der Waals surface area contributed by atoms with Gasteiger partial charge >= 0.3 is 0 Å². The highest BCUT2D eigenvalue weighted by atomic mass is 16.2. The number of nitrogens with zero attached hydrogens (tertiary/aromatic N) is 2. The Bertz CT molecular complexity index is 969. The molecule has 0 saturated carbocycles. The Morgan fingerprint density at radius 3 is 2.83 bits per heavy atom. The molecule has 2 aromatic rings. The summed E-state index contributed by atoms with van der Waals surface area (Å²) in [5, 5.41) is 8.42. The van der Waals surface area contributed by atoms with E-state index in [9.17, 15) is 14.4 Å². The molecule has 1 aromatic heterocycles. The second kappa shape index (κ2) is 9.00. The number of amides is 2. The Morgan fingerprint density at radius 2 is 2.07 bits per heavy atom. The van der Waals surface area contributed by atoms with Crippen molar-refractivity contribution in [2.24, 2.45) is 0 Å². The van der Waals surface area contributed by atoms with Crippen LogP contribution in [0.4, 0.5) is 5.69 Å². The summed E-state index contributed by atoms with van der Waals surface area (Å²) in [5.41, 5.74) is 1.99. The van der Waals surface area contributed by atoms with E-state index in [1.807, 2.05) is 18.2 Å². The van der Waals surface area contributed by atoms with Gasteiger partial charge in [-0.3, -0.25) is 19.0 Å². The first-order valence-electron chi connectivity index (χ1n) is 9.82. The van der Waals surface area contributed by atoms with Crippen molar-refractivity contribution in [3.8, 4) is 0 Å². The number of benzene rings is 1. The minimum absolute atomic E-state index is 0.0542. The topological polar surface area (TPSA) is 105 Å². The molecule has 29 heavy (non-hydrogen) atoms. The van der Waals surface area contributed by atoms with E-state index in [-0.39, 0.29) is 30.1 Å². The van der Waals surface area contributed by atoms with Crippen LogP contribution in [0.2, 0.25) is 0 Å². The number of fused-ring (bicyclic) bond motifs is 1. The summed E-state index contributed by atoms with van der Waals surface area (Å²) in [6.45, 7) is 3.19. The van der Waals surface area contributed by atoms with Gasteiger partial charge in [0.1, 0.15) is 18.1 Å². The first-order chi connectivity index (χ1) is 13.9. The van der Waals surface area contributed by atoms with Gasteiger partial charge in [0.25, 0.3) is 5.56 Å². The Labute approximate surface area is 169 Å². The van der Waals surface area contributed by atoms with Gasteiger partial charge in [-0.25, -0.2) is 4.98 Å². The summed E-state index contributed by atoms with van der Waals surface area (Å²) in [6, 6.07) is 7.59. The average Bonchev–Trinajstić information content (AvgIpc) is 2.72. The molecule has 0 radical (unpaired) electrons. The number of nitrogens with one attached hydrogen (secondary N) is 3. The van der Waals surface area contributed by atoms with Gasteiger partial charge in [-0.1, -0.05) is 24.3 Å². The molecular weight excluding hydrogens is 370 g/mol. The van der Waals surface area contributed by atoms with Gasteiger partial charge in [-0.15, -0.1) is 0 Å². The fourth-order valence-corrected chi connectivity index (χ4v) is 3.51. The second-order valence-corrected chi connectivity index (χ2v) is 7.32. The van der Waals surface area contributed by atoms with Crippen LogP contribution in [-0.2, 0) is 22.6 Å². The molecule has 1 aliphatic carbocycles. The molecule has 0 saturated heterocycles. The van der Waals surface area contributed by atoms with Crippen molar-refractivity contribution >= 4 is 17.5 Å². The molecule has 8 heteroatoms. The minimum Gasteiger partial charge on any atom is -0.348 e. The Morgan fingerprint density at radius 1 is 1.31 bits per heavy atom. The third-order valence-electron chi connectivity index (χ3n) is 5.34. The summed E-state index contributed by atoms with van der Waals surface area (Å²) in [4.78, 5) is 41.7. The van der Waals surface area contributed by atoms with Gasteiger partial charge < -0.3 is 16.0 Å². The average molecular weight is 397 g/mol. The Kier molecular flexibility index (Phi) is 6.43. The van der Waals surface area contributed by atoms with Crippen LogP contribution in [0.15, 0.2) is 35.3 Å². The Hall–Kier alpha value is -3.00. The van der Waals surface area contributed by atoms with Crippen LogP contribution in [0.5, 0.6) is 0 Å². The van der Waals surface area contributed by atoms with Crippen molar-refractivity contribution in [2.75, 3.05) is 12.4 Å². The summed E-state index contributed by atoms with van der Waals surface area (Å²) >= 11 is 0. The van der Waals surface area contributed by atoms with E-state index in [0.29, 0.717) is 5.82 Å². The standard InChI is InChI=1S/C21H27N5O3/c1-13(22-3)20(28)25-18-11-23-14(2)26(21(18)29)12-19(27)24-17-10-6-8-15-7-4-5-9-16(15)17/h4-5,7,9,11,13,17,22H,6,8,10,12H2,1-3H3,(H,24,27)(H,25,28). The molecule has 0 spiro atoms. The number of rotatable bonds is 6. The molecule has 1 aliphatic rings. The van der Waals surface area contributed by atoms with Crippen molar-refractivity contribution in [1.82, 2.24) is 20.2 Å². The summed E-state index contributed by atoms with van der Waals surface area (Å²) < 4.78 is 1.28. The highest BCUT2D eigenvalue weighted by Crippen LogP contribution is 2.29. The van der Waals surface area contributed by atoms with Crippen LogP contribution >= 0.6 is 0 Å². The zero-order chi connectivity index (χ0) is 21.0. The maximum absolute atomic E-state index is 12.8. The van der Waals surface area contributed by atoms with E-state index in [4.69, 9.17) is 0 Å². The van der Waals surface area contributed by atoms with Gasteiger partial charge in [0.05, 0.1) is 18.3 Å². The monoisotopic (exact) mass is 397 g/mol. The summed E-state index contributed by atoms with van der Waals surface area (Å²) in [7, 11) is 1.66. The van der Waals surface area contributed by atoms with E-state index in [2.05, 4.69) is 27.0 Å². The van der Waals surface area contributed by atoms with Crippen molar-refractivity contribution in [2.45, 2.75) is 51.7 Å². The van der Waals surface area contributed by atoms with Crippen LogP contribution in [-0.4, -0.2) is 34.5 Å². The molecule has 0 aliphatic heterocycles. The predicted molar refractivity (Wildman–Crippen MR) is 111 cm³/mol. The molecule has 1 heterocycles. The van der Waals surface area contributed by atoms with E-state index < -0.39 is 11.6 Å². The third kappa shape index (κ3) is 4.71. The van der Waals surface area contributed by atoms with Gasteiger partial charge in [-0.05, 0) is 51.3 Å². The zero-order valence-electron chi connectivity index (χ0n) is 17.0. The van der Waals surface area contributed by atoms with E-state index >= 15 is 0 Å². The van der Waals surface area contributed by atoms with Crippen molar-refractivity contribution in [3.05, 3.63) is 57.8 Å². The molecule has 0 bridgehead atoms. The fraction of sp³-hybridized carbons (Fsp3) is 0.429. The van der Waals surface area contributed by atoms with Crippen molar-refractivity contribution in [1.29, 1.82) is 0 Å². The number of aryl methyl sites for hydroxylation is 2. The number of aromatic nitrogens is 2. The SMILES string of the molecule is CNC(C)C(=O)Nc1cnc(C)n(CC(=O)NC2CCCc3ccccc32)c1=O. The van der Waals surface area contributed by atoms with Crippen LogP contribution in [0.3, 0.4) is 0 Å². The molecule has 8 nitrogen and oxygen atoms in total. The summed E-state index contributed by atoms with van der Waals surface area (Å²) in [6.07, 6.45) is 4.21. The van der Waals surface area contributed by atoms with E-state index in [1.54, 1.807) is 20.9 Å². The number of hydrogen-bond donors (Lipinski definition) is 3. The predicted octanol–water partition coefficient (Wildman–Crippen LogP) is 1.29. The lowest BCUT2D eigenvalue weighted by Gasteiger charge is -2.26. The molecule has 2 unspecified atom stereocenters. The number of likely N-dealkylation sites (N-methyl/N-ethyl adjacent to an activating group) is 1. The number of anilines is 1. The lowest BCUT2D eigenvalue weighted by molar-refractivity contribution is -0.122. The quantitative estimate of drug-likeness (QED) is 0.681. The molecule has 2 amide bonds. The third-order valence-corrected chi connectivity index (χ3v) is 5.34. The number of carbonyl (C=O) groups excluding carboxylic acids is 2. The molecule has 154 valence electrons. The van der Waals surface area contributed by atoms with Crippen LogP contribution in [0.1, 0.15) is 42.8 Å². The van der Waals surface area contributed by atoms with Gasteiger partial charge in [0, 0.05) is 0 Å². The molecule has 3 N–H and O–H groups in total. The number of hydrogen-bond acceptors (Lipinski definition) is 5. The van der Waals surface area contributed by atoms with Crippen molar-refractivity contribution < 1.29 is 9.59 Å². The molecule has 2 atom stereocenters. The van der Waals surface area contributed by atoms with Crippen molar-refractivity contribution in [3.63, 3.8) is 0 Å². The lowest BCUT2D eigenvalue weighted by Crippen LogP contribution is -2.40. The molecular formula is C21H27N5O3. The van der Waals surface area contributed by atoms with E-state index in [1.165, 1.54) is 16.3 Å². The second-order valence-electron chi connectivity index (χ2n) is 7.32. The largest absolute Gasteiger partial charge is 0.348 e.